The zero-order chi connectivity index (χ0) is 12.2. The second-order valence-electron chi connectivity index (χ2n) is 6.55. The summed E-state index contributed by atoms with van der Waals surface area (Å²) in [4.78, 5) is 2.52. The van der Waals surface area contributed by atoms with E-state index in [4.69, 9.17) is 0 Å². The van der Waals surface area contributed by atoms with Gasteiger partial charge >= 0.3 is 0 Å². The molecule has 1 aliphatic heterocycles. The van der Waals surface area contributed by atoms with E-state index in [1.807, 2.05) is 0 Å². The molecular formula is C14H27N. The van der Waals surface area contributed by atoms with Crippen molar-refractivity contribution in [3.05, 3.63) is 11.1 Å². The Hall–Kier alpha value is -0.300. The standard InChI is InChI=1S/C14H27N/c1-10-11(2)13(5,6)15(9)14(7,8)12(10,3)4/h1-9H3. The molecule has 0 aromatic heterocycles. The van der Waals surface area contributed by atoms with Crippen LogP contribution in [0.2, 0.25) is 0 Å². The quantitative estimate of drug-likeness (QED) is 0.548. The van der Waals surface area contributed by atoms with E-state index < -0.39 is 0 Å². The molecule has 0 aromatic rings. The van der Waals surface area contributed by atoms with E-state index in [0.29, 0.717) is 0 Å². The first-order valence-electron chi connectivity index (χ1n) is 5.89. The molecule has 0 amide bonds. The van der Waals surface area contributed by atoms with Gasteiger partial charge < -0.3 is 0 Å². The third-order valence-electron chi connectivity index (χ3n) is 5.62. The summed E-state index contributed by atoms with van der Waals surface area (Å²) in [6.07, 6.45) is 0. The van der Waals surface area contributed by atoms with Crippen LogP contribution in [0.5, 0.6) is 0 Å². The summed E-state index contributed by atoms with van der Waals surface area (Å²) in [6.45, 7) is 18.6. The van der Waals surface area contributed by atoms with Gasteiger partial charge in [0.1, 0.15) is 0 Å². The van der Waals surface area contributed by atoms with Crippen LogP contribution in [0.4, 0.5) is 0 Å². The van der Waals surface area contributed by atoms with Crippen molar-refractivity contribution in [2.45, 2.75) is 66.5 Å². The number of likely N-dealkylation sites (N-methyl/N-ethyl adjacent to an activating group) is 1. The minimum absolute atomic E-state index is 0.170. The zero-order valence-electron chi connectivity index (χ0n) is 11.9. The van der Waals surface area contributed by atoms with E-state index in [1.165, 1.54) is 5.57 Å². The number of nitrogens with zero attached hydrogens (tertiary/aromatic N) is 1. The molecule has 1 heteroatoms. The SMILES string of the molecule is CC1=C(C)C(C)(C)C(C)(C)N(C)C1(C)C. The van der Waals surface area contributed by atoms with E-state index in [0.717, 1.165) is 0 Å². The summed E-state index contributed by atoms with van der Waals surface area (Å²) in [5, 5.41) is 0. The highest BCUT2D eigenvalue weighted by Crippen LogP contribution is 2.51. The predicted octanol–water partition coefficient (Wildman–Crippen LogP) is 3.85. The fourth-order valence-corrected chi connectivity index (χ4v) is 2.76. The van der Waals surface area contributed by atoms with E-state index in [9.17, 15) is 0 Å². The first-order valence-corrected chi connectivity index (χ1v) is 5.89. The van der Waals surface area contributed by atoms with E-state index in [-0.39, 0.29) is 16.5 Å². The second-order valence-corrected chi connectivity index (χ2v) is 6.55. The van der Waals surface area contributed by atoms with Gasteiger partial charge in [0.25, 0.3) is 0 Å². The number of hydrogen-bond acceptors (Lipinski definition) is 1. The second kappa shape index (κ2) is 3.10. The third kappa shape index (κ3) is 1.39. The molecule has 0 radical (unpaired) electrons. The van der Waals surface area contributed by atoms with Gasteiger partial charge in [-0.25, -0.2) is 0 Å². The summed E-state index contributed by atoms with van der Waals surface area (Å²) in [7, 11) is 2.25. The summed E-state index contributed by atoms with van der Waals surface area (Å²) in [5.41, 5.74) is 3.68. The van der Waals surface area contributed by atoms with Crippen LogP contribution in [0.3, 0.4) is 0 Å². The van der Waals surface area contributed by atoms with Gasteiger partial charge in [-0.1, -0.05) is 25.0 Å². The first kappa shape index (κ1) is 12.8. The summed E-state index contributed by atoms with van der Waals surface area (Å²) < 4.78 is 0. The number of rotatable bonds is 0. The molecule has 15 heavy (non-hydrogen) atoms. The third-order valence-corrected chi connectivity index (χ3v) is 5.62. The Morgan fingerprint density at radius 1 is 0.800 bits per heavy atom. The van der Waals surface area contributed by atoms with Crippen LogP contribution in [0.15, 0.2) is 11.1 Å². The molecule has 1 aliphatic rings. The Kier molecular flexibility index (Phi) is 2.64. The van der Waals surface area contributed by atoms with Crippen molar-refractivity contribution < 1.29 is 0 Å². The van der Waals surface area contributed by atoms with Gasteiger partial charge in [-0.05, 0) is 48.6 Å². The minimum Gasteiger partial charge on any atom is -0.292 e. The van der Waals surface area contributed by atoms with Crippen molar-refractivity contribution in [2.75, 3.05) is 7.05 Å². The van der Waals surface area contributed by atoms with Crippen molar-refractivity contribution >= 4 is 0 Å². The average molecular weight is 209 g/mol. The molecule has 88 valence electrons. The lowest BCUT2D eigenvalue weighted by molar-refractivity contribution is -0.0220. The van der Waals surface area contributed by atoms with Gasteiger partial charge in [0.05, 0.1) is 0 Å². The molecule has 1 heterocycles. The molecule has 0 saturated heterocycles. The zero-order valence-corrected chi connectivity index (χ0v) is 11.9. The van der Waals surface area contributed by atoms with Crippen LogP contribution in [0.1, 0.15) is 55.4 Å². The Morgan fingerprint density at radius 3 is 1.60 bits per heavy atom. The maximum atomic E-state index is 2.52. The van der Waals surface area contributed by atoms with Crippen molar-refractivity contribution in [2.24, 2.45) is 5.41 Å². The summed E-state index contributed by atoms with van der Waals surface area (Å²) in [6, 6.07) is 0. The molecule has 0 saturated carbocycles. The normalized spacial score (nSPS) is 29.4. The van der Waals surface area contributed by atoms with Gasteiger partial charge in [0.15, 0.2) is 0 Å². The Bertz CT molecular complexity index is 305. The topological polar surface area (TPSA) is 3.24 Å². The molecule has 1 nitrogen and oxygen atoms in total. The average Bonchev–Trinajstić information content (AvgIpc) is 2.12. The lowest BCUT2D eigenvalue weighted by Gasteiger charge is -2.60. The van der Waals surface area contributed by atoms with Crippen LogP contribution in [-0.4, -0.2) is 23.0 Å². The largest absolute Gasteiger partial charge is 0.292 e. The molecule has 0 aromatic carbocycles. The van der Waals surface area contributed by atoms with Crippen LogP contribution in [-0.2, 0) is 0 Å². The lowest BCUT2D eigenvalue weighted by Crippen LogP contribution is -2.64. The van der Waals surface area contributed by atoms with Gasteiger partial charge in [0, 0.05) is 16.5 Å². The molecule has 0 aliphatic carbocycles. The van der Waals surface area contributed by atoms with Crippen molar-refractivity contribution in [1.29, 1.82) is 0 Å². The monoisotopic (exact) mass is 209 g/mol. The highest BCUT2D eigenvalue weighted by molar-refractivity contribution is 5.34. The van der Waals surface area contributed by atoms with Gasteiger partial charge in [-0.15, -0.1) is 0 Å². The maximum Gasteiger partial charge on any atom is 0.0366 e. The van der Waals surface area contributed by atoms with Crippen LogP contribution < -0.4 is 0 Å². The fraction of sp³-hybridized carbons (Fsp3) is 0.857. The summed E-state index contributed by atoms with van der Waals surface area (Å²) in [5.74, 6) is 0. The number of hydrogen-bond donors (Lipinski definition) is 0. The summed E-state index contributed by atoms with van der Waals surface area (Å²) >= 11 is 0. The Balaban J connectivity index is 3.48. The van der Waals surface area contributed by atoms with E-state index in [2.05, 4.69) is 67.3 Å². The molecule has 0 N–H and O–H groups in total. The molecule has 0 fully saturated rings. The van der Waals surface area contributed by atoms with Crippen LogP contribution in [0.25, 0.3) is 0 Å². The minimum atomic E-state index is 0.170. The van der Waals surface area contributed by atoms with Crippen LogP contribution >= 0.6 is 0 Å². The molecule has 0 bridgehead atoms. The molecule has 1 rings (SSSR count). The van der Waals surface area contributed by atoms with E-state index in [1.54, 1.807) is 5.57 Å². The Morgan fingerprint density at radius 2 is 1.20 bits per heavy atom. The predicted molar refractivity (Wildman–Crippen MR) is 68.1 cm³/mol. The highest BCUT2D eigenvalue weighted by atomic mass is 15.2. The van der Waals surface area contributed by atoms with Gasteiger partial charge in [-0.2, -0.15) is 0 Å². The van der Waals surface area contributed by atoms with Crippen LogP contribution in [0, 0.1) is 5.41 Å². The van der Waals surface area contributed by atoms with Crippen molar-refractivity contribution in [3.8, 4) is 0 Å². The van der Waals surface area contributed by atoms with Crippen molar-refractivity contribution in [3.63, 3.8) is 0 Å². The smallest absolute Gasteiger partial charge is 0.0366 e. The van der Waals surface area contributed by atoms with Gasteiger partial charge in [-0.3, -0.25) is 4.90 Å². The molecule has 0 atom stereocenters. The van der Waals surface area contributed by atoms with E-state index >= 15 is 0 Å². The maximum absolute atomic E-state index is 2.52. The molecular weight excluding hydrogens is 182 g/mol. The Labute approximate surface area is 95.5 Å². The molecule has 0 spiro atoms. The highest BCUT2D eigenvalue weighted by Gasteiger charge is 2.51. The first-order chi connectivity index (χ1) is 6.47. The van der Waals surface area contributed by atoms with Crippen molar-refractivity contribution in [1.82, 2.24) is 4.90 Å². The van der Waals surface area contributed by atoms with Gasteiger partial charge in [0.2, 0.25) is 0 Å². The lowest BCUT2D eigenvalue weighted by atomic mass is 9.61. The molecule has 0 unspecified atom stereocenters. The fourth-order valence-electron chi connectivity index (χ4n) is 2.76.